The van der Waals surface area contributed by atoms with E-state index in [0.29, 0.717) is 31.5 Å². The Balaban J connectivity index is 1.91. The number of hydrogen-bond acceptors (Lipinski definition) is 5. The van der Waals surface area contributed by atoms with Crippen LogP contribution in [0.25, 0.3) is 0 Å². The molecule has 0 saturated heterocycles. The van der Waals surface area contributed by atoms with Crippen molar-refractivity contribution < 1.29 is 14.6 Å². The molecule has 0 spiro atoms. The van der Waals surface area contributed by atoms with Gasteiger partial charge in [-0.25, -0.2) is 4.98 Å². The first kappa shape index (κ1) is 15.3. The van der Waals surface area contributed by atoms with Crippen molar-refractivity contribution >= 4 is 0 Å². The number of aliphatic hydroxyl groups is 1. The number of aromatic nitrogens is 2. The number of benzene rings is 1. The molecule has 2 aromatic rings. The lowest BCUT2D eigenvalue weighted by Gasteiger charge is -2.09. The van der Waals surface area contributed by atoms with Crippen LogP contribution in [-0.4, -0.2) is 28.3 Å². The number of unbranched alkanes of at least 4 members (excludes halogenated alkanes) is 1. The number of nitrogens with zero attached hydrogens (tertiary/aromatic N) is 2. The molecule has 112 valence electrons. The molecule has 1 N–H and O–H groups in total. The summed E-state index contributed by atoms with van der Waals surface area (Å²) < 4.78 is 11.1. The minimum Gasteiger partial charge on any atom is -0.473 e. The van der Waals surface area contributed by atoms with E-state index in [0.717, 1.165) is 17.7 Å². The van der Waals surface area contributed by atoms with Gasteiger partial charge in [-0.3, -0.25) is 0 Å². The van der Waals surface area contributed by atoms with E-state index in [2.05, 4.69) is 9.97 Å². The summed E-state index contributed by atoms with van der Waals surface area (Å²) in [5, 5.41) is 8.72. The minimum atomic E-state index is 0.170. The van der Waals surface area contributed by atoms with Gasteiger partial charge in [0.1, 0.15) is 6.61 Å². The standard InChI is InChI=1S/C16H20N2O3/c1-13-11-15(21-12-14-7-3-2-4-8-14)18-16(17-13)20-10-6-5-9-19/h2-4,7-8,11,19H,5-6,9-10,12H2,1H3. The van der Waals surface area contributed by atoms with Crippen LogP contribution in [0.2, 0.25) is 0 Å². The predicted molar refractivity (Wildman–Crippen MR) is 79.4 cm³/mol. The Morgan fingerprint density at radius 3 is 2.62 bits per heavy atom. The summed E-state index contributed by atoms with van der Waals surface area (Å²) in [6, 6.07) is 12.0. The van der Waals surface area contributed by atoms with Gasteiger partial charge in [0.05, 0.1) is 6.61 Å². The van der Waals surface area contributed by atoms with Crippen molar-refractivity contribution in [3.8, 4) is 11.9 Å². The Labute approximate surface area is 124 Å². The first-order valence-corrected chi connectivity index (χ1v) is 7.04. The Bertz CT molecular complexity index is 546. The van der Waals surface area contributed by atoms with Crippen molar-refractivity contribution in [1.29, 1.82) is 0 Å². The summed E-state index contributed by atoms with van der Waals surface area (Å²) in [6.45, 7) is 2.99. The largest absolute Gasteiger partial charge is 0.473 e. The first-order valence-electron chi connectivity index (χ1n) is 7.04. The Morgan fingerprint density at radius 1 is 1.05 bits per heavy atom. The van der Waals surface area contributed by atoms with Crippen molar-refractivity contribution in [2.24, 2.45) is 0 Å². The lowest BCUT2D eigenvalue weighted by molar-refractivity contribution is 0.237. The highest BCUT2D eigenvalue weighted by atomic mass is 16.5. The normalized spacial score (nSPS) is 10.4. The van der Waals surface area contributed by atoms with Crippen LogP contribution in [0.3, 0.4) is 0 Å². The number of aryl methyl sites for hydroxylation is 1. The molecule has 1 aromatic carbocycles. The summed E-state index contributed by atoms with van der Waals surface area (Å²) in [6.07, 6.45) is 1.48. The highest BCUT2D eigenvalue weighted by molar-refractivity contribution is 5.19. The zero-order valence-electron chi connectivity index (χ0n) is 12.2. The van der Waals surface area contributed by atoms with Crippen molar-refractivity contribution in [1.82, 2.24) is 9.97 Å². The molecule has 0 radical (unpaired) electrons. The molecule has 0 bridgehead atoms. The van der Waals surface area contributed by atoms with Crippen molar-refractivity contribution in [2.75, 3.05) is 13.2 Å². The van der Waals surface area contributed by atoms with Gasteiger partial charge in [-0.15, -0.1) is 0 Å². The second-order valence-corrected chi connectivity index (χ2v) is 4.68. The number of hydrogen-bond donors (Lipinski definition) is 1. The van der Waals surface area contributed by atoms with Crippen LogP contribution >= 0.6 is 0 Å². The number of ether oxygens (including phenoxy) is 2. The molecule has 1 aromatic heterocycles. The quantitative estimate of drug-likeness (QED) is 0.756. The fourth-order valence-corrected chi connectivity index (χ4v) is 1.76. The van der Waals surface area contributed by atoms with Crippen LogP contribution in [-0.2, 0) is 6.61 Å². The lowest BCUT2D eigenvalue weighted by Crippen LogP contribution is -2.05. The van der Waals surface area contributed by atoms with Gasteiger partial charge >= 0.3 is 6.01 Å². The molecule has 5 heteroatoms. The lowest BCUT2D eigenvalue weighted by atomic mass is 10.2. The summed E-state index contributed by atoms with van der Waals surface area (Å²) in [7, 11) is 0. The maximum atomic E-state index is 8.72. The molecule has 0 saturated carbocycles. The van der Waals surface area contributed by atoms with E-state index in [1.807, 2.05) is 37.3 Å². The maximum absolute atomic E-state index is 8.72. The van der Waals surface area contributed by atoms with E-state index in [1.54, 1.807) is 6.07 Å². The second kappa shape index (κ2) is 8.21. The van der Waals surface area contributed by atoms with Gasteiger partial charge in [0, 0.05) is 18.4 Å². The molecule has 0 amide bonds. The Hall–Kier alpha value is -2.14. The van der Waals surface area contributed by atoms with Gasteiger partial charge in [0.2, 0.25) is 5.88 Å². The van der Waals surface area contributed by atoms with Crippen LogP contribution in [0, 0.1) is 6.92 Å². The minimum absolute atomic E-state index is 0.170. The van der Waals surface area contributed by atoms with Crippen LogP contribution < -0.4 is 9.47 Å². The van der Waals surface area contributed by atoms with E-state index in [9.17, 15) is 0 Å². The van der Waals surface area contributed by atoms with E-state index in [1.165, 1.54) is 0 Å². The molecule has 0 aliphatic rings. The SMILES string of the molecule is Cc1cc(OCc2ccccc2)nc(OCCCCO)n1. The first-order chi connectivity index (χ1) is 10.3. The van der Waals surface area contributed by atoms with Crippen LogP contribution in [0.4, 0.5) is 0 Å². The van der Waals surface area contributed by atoms with E-state index < -0.39 is 0 Å². The van der Waals surface area contributed by atoms with Gasteiger partial charge in [0.15, 0.2) is 0 Å². The summed E-state index contributed by atoms with van der Waals surface area (Å²) >= 11 is 0. The molecule has 2 rings (SSSR count). The zero-order valence-corrected chi connectivity index (χ0v) is 12.2. The smallest absolute Gasteiger partial charge is 0.319 e. The van der Waals surface area contributed by atoms with Gasteiger partial charge < -0.3 is 14.6 Å². The Morgan fingerprint density at radius 2 is 1.86 bits per heavy atom. The highest BCUT2D eigenvalue weighted by Gasteiger charge is 2.05. The van der Waals surface area contributed by atoms with E-state index in [4.69, 9.17) is 14.6 Å². The molecule has 1 heterocycles. The summed E-state index contributed by atoms with van der Waals surface area (Å²) in [5.74, 6) is 0.503. The van der Waals surface area contributed by atoms with Gasteiger partial charge in [-0.05, 0) is 25.3 Å². The molecule has 0 atom stereocenters. The third kappa shape index (κ3) is 5.39. The van der Waals surface area contributed by atoms with Crippen molar-refractivity contribution in [2.45, 2.75) is 26.4 Å². The third-order valence-electron chi connectivity index (χ3n) is 2.82. The monoisotopic (exact) mass is 288 g/mol. The topological polar surface area (TPSA) is 64.5 Å². The van der Waals surface area contributed by atoms with Crippen LogP contribution in [0.15, 0.2) is 36.4 Å². The van der Waals surface area contributed by atoms with Crippen molar-refractivity contribution in [3.63, 3.8) is 0 Å². The number of aliphatic hydroxyl groups excluding tert-OH is 1. The molecule has 0 aliphatic carbocycles. The van der Waals surface area contributed by atoms with Crippen LogP contribution in [0.1, 0.15) is 24.1 Å². The molecule has 0 unspecified atom stereocenters. The fraction of sp³-hybridized carbons (Fsp3) is 0.375. The molecule has 0 aliphatic heterocycles. The summed E-state index contributed by atoms with van der Waals surface area (Å²) in [5.41, 5.74) is 1.88. The van der Waals surface area contributed by atoms with E-state index >= 15 is 0 Å². The highest BCUT2D eigenvalue weighted by Crippen LogP contribution is 2.15. The van der Waals surface area contributed by atoms with Crippen LogP contribution in [0.5, 0.6) is 11.9 Å². The molecule has 5 nitrogen and oxygen atoms in total. The van der Waals surface area contributed by atoms with E-state index in [-0.39, 0.29) is 6.61 Å². The zero-order chi connectivity index (χ0) is 14.9. The fourth-order valence-electron chi connectivity index (χ4n) is 1.76. The molecular formula is C16H20N2O3. The maximum Gasteiger partial charge on any atom is 0.319 e. The second-order valence-electron chi connectivity index (χ2n) is 4.68. The average molecular weight is 288 g/mol. The molecular weight excluding hydrogens is 268 g/mol. The molecule has 21 heavy (non-hydrogen) atoms. The Kier molecular flexibility index (Phi) is 5.97. The predicted octanol–water partition coefficient (Wildman–Crippen LogP) is 2.52. The average Bonchev–Trinajstić information content (AvgIpc) is 2.50. The third-order valence-corrected chi connectivity index (χ3v) is 2.82. The van der Waals surface area contributed by atoms with Gasteiger partial charge in [-0.1, -0.05) is 30.3 Å². The molecule has 0 fully saturated rings. The van der Waals surface area contributed by atoms with Crippen molar-refractivity contribution in [3.05, 3.63) is 47.7 Å². The van der Waals surface area contributed by atoms with Gasteiger partial charge in [-0.2, -0.15) is 4.98 Å². The van der Waals surface area contributed by atoms with Gasteiger partial charge in [0.25, 0.3) is 0 Å². The number of rotatable bonds is 8. The summed E-state index contributed by atoms with van der Waals surface area (Å²) in [4.78, 5) is 8.44.